The summed E-state index contributed by atoms with van der Waals surface area (Å²) in [6, 6.07) is 15.1. The van der Waals surface area contributed by atoms with Gasteiger partial charge in [-0.1, -0.05) is 36.8 Å². The molecule has 0 aliphatic rings. The molecule has 0 unspecified atom stereocenters. The Kier molecular flexibility index (Phi) is 6.67. The second-order valence-corrected chi connectivity index (χ2v) is 6.47. The zero-order valence-electron chi connectivity index (χ0n) is 15.7. The molecule has 150 valence electrons. The van der Waals surface area contributed by atoms with Gasteiger partial charge in [-0.05, 0) is 37.1 Å². The predicted molar refractivity (Wildman–Crippen MR) is 105 cm³/mol. The van der Waals surface area contributed by atoms with Crippen LogP contribution in [0.15, 0.2) is 54.6 Å². The Hall–Kier alpha value is -3.55. The normalized spacial score (nSPS) is 10.7. The molecule has 0 spiro atoms. The molecule has 0 atom stereocenters. The van der Waals surface area contributed by atoms with Gasteiger partial charge in [0.2, 0.25) is 5.82 Å². The lowest BCUT2D eigenvalue weighted by Gasteiger charge is -2.05. The highest BCUT2D eigenvalue weighted by atomic mass is 19.1. The van der Waals surface area contributed by atoms with Gasteiger partial charge in [0, 0.05) is 18.5 Å². The number of carboxylic acids is 1. The van der Waals surface area contributed by atoms with Gasteiger partial charge in [-0.25, -0.2) is 14.1 Å². The minimum Gasteiger partial charge on any atom is -0.481 e. The number of nitrogens with zero attached hydrogens (tertiary/aromatic N) is 3. The number of aromatic nitrogens is 3. The molecule has 3 aromatic rings. The smallest absolute Gasteiger partial charge is 0.303 e. The minimum atomic E-state index is -0.821. The van der Waals surface area contributed by atoms with Gasteiger partial charge in [0.05, 0.1) is 5.69 Å². The van der Waals surface area contributed by atoms with Crippen molar-refractivity contribution in [3.05, 3.63) is 66.2 Å². The van der Waals surface area contributed by atoms with Crippen LogP contribution in [-0.2, 0) is 4.79 Å². The summed E-state index contributed by atoms with van der Waals surface area (Å²) in [5.74, 6) is -1.11. The first-order valence-corrected chi connectivity index (χ1v) is 9.33. The van der Waals surface area contributed by atoms with Crippen molar-refractivity contribution in [3.63, 3.8) is 0 Å². The van der Waals surface area contributed by atoms with E-state index in [1.165, 1.54) is 16.8 Å². The number of hydrogen-bond donors (Lipinski definition) is 2. The highest BCUT2D eigenvalue weighted by Crippen LogP contribution is 2.21. The van der Waals surface area contributed by atoms with Crippen LogP contribution in [-0.4, -0.2) is 38.3 Å². The Morgan fingerprint density at radius 1 is 1.00 bits per heavy atom. The van der Waals surface area contributed by atoms with Gasteiger partial charge < -0.3 is 10.4 Å². The number of carbonyl (C=O) groups excluding carboxylic acids is 1. The molecule has 1 aromatic heterocycles. The van der Waals surface area contributed by atoms with Gasteiger partial charge in [-0.2, -0.15) is 0 Å². The van der Waals surface area contributed by atoms with Crippen molar-refractivity contribution in [2.24, 2.45) is 0 Å². The molecule has 2 aromatic carbocycles. The Morgan fingerprint density at radius 3 is 2.41 bits per heavy atom. The molecule has 3 rings (SSSR count). The third-order valence-electron chi connectivity index (χ3n) is 4.27. The van der Waals surface area contributed by atoms with Crippen molar-refractivity contribution in [3.8, 4) is 17.1 Å². The van der Waals surface area contributed by atoms with Gasteiger partial charge in [-0.3, -0.25) is 9.59 Å². The van der Waals surface area contributed by atoms with E-state index in [1.54, 1.807) is 12.1 Å². The number of carboxylic acid groups (broad SMARTS) is 1. The SMILES string of the molecule is O=C(O)CCCCCNC(=O)c1nc(-c2ccccc2)n(-c2ccc(F)cc2)n1. The van der Waals surface area contributed by atoms with Crippen molar-refractivity contribution < 1.29 is 19.1 Å². The number of rotatable bonds is 9. The topological polar surface area (TPSA) is 97.1 Å². The molecule has 7 nitrogen and oxygen atoms in total. The Balaban J connectivity index is 1.75. The number of unbranched alkanes of at least 4 members (excludes halogenated alkanes) is 2. The van der Waals surface area contributed by atoms with Gasteiger partial charge in [0.1, 0.15) is 5.82 Å². The molecule has 0 aliphatic carbocycles. The third kappa shape index (κ3) is 5.47. The summed E-state index contributed by atoms with van der Waals surface area (Å²) in [6.45, 7) is 0.407. The molecule has 0 bridgehead atoms. The monoisotopic (exact) mass is 396 g/mol. The van der Waals surface area contributed by atoms with Crippen molar-refractivity contribution in [2.75, 3.05) is 6.54 Å². The van der Waals surface area contributed by atoms with Gasteiger partial charge in [0.15, 0.2) is 5.82 Å². The van der Waals surface area contributed by atoms with E-state index in [9.17, 15) is 14.0 Å². The molecule has 0 radical (unpaired) electrons. The summed E-state index contributed by atoms with van der Waals surface area (Å²) in [4.78, 5) is 27.4. The van der Waals surface area contributed by atoms with E-state index in [0.29, 0.717) is 37.3 Å². The molecule has 29 heavy (non-hydrogen) atoms. The van der Waals surface area contributed by atoms with Crippen LogP contribution in [0.25, 0.3) is 17.1 Å². The first-order chi connectivity index (χ1) is 14.0. The first-order valence-electron chi connectivity index (χ1n) is 9.33. The summed E-state index contributed by atoms with van der Waals surface area (Å²) in [5.41, 5.74) is 1.36. The molecular weight excluding hydrogens is 375 g/mol. The van der Waals surface area contributed by atoms with E-state index in [2.05, 4.69) is 15.4 Å². The van der Waals surface area contributed by atoms with Crippen molar-refractivity contribution in [2.45, 2.75) is 25.7 Å². The van der Waals surface area contributed by atoms with Crippen LogP contribution in [0.3, 0.4) is 0 Å². The van der Waals surface area contributed by atoms with Crippen LogP contribution in [0.2, 0.25) is 0 Å². The summed E-state index contributed by atoms with van der Waals surface area (Å²) < 4.78 is 14.8. The number of hydrogen-bond acceptors (Lipinski definition) is 4. The Bertz CT molecular complexity index is 971. The van der Waals surface area contributed by atoms with E-state index >= 15 is 0 Å². The maximum atomic E-state index is 13.3. The first kappa shape index (κ1) is 20.2. The number of carbonyl (C=O) groups is 2. The molecule has 0 saturated heterocycles. The maximum absolute atomic E-state index is 13.3. The van der Waals surface area contributed by atoms with Crippen LogP contribution in [0.5, 0.6) is 0 Å². The molecule has 1 heterocycles. The van der Waals surface area contributed by atoms with E-state index in [-0.39, 0.29) is 18.1 Å². The van der Waals surface area contributed by atoms with Crippen LogP contribution in [0, 0.1) is 5.82 Å². The number of amides is 1. The number of benzene rings is 2. The van der Waals surface area contributed by atoms with E-state index in [1.807, 2.05) is 30.3 Å². The maximum Gasteiger partial charge on any atom is 0.303 e. The van der Waals surface area contributed by atoms with Crippen molar-refractivity contribution >= 4 is 11.9 Å². The van der Waals surface area contributed by atoms with Gasteiger partial charge in [0.25, 0.3) is 5.91 Å². The molecule has 1 amide bonds. The second-order valence-electron chi connectivity index (χ2n) is 6.47. The zero-order valence-corrected chi connectivity index (χ0v) is 15.7. The molecule has 0 fully saturated rings. The van der Waals surface area contributed by atoms with E-state index < -0.39 is 11.9 Å². The quantitative estimate of drug-likeness (QED) is 0.540. The fourth-order valence-corrected chi connectivity index (χ4v) is 2.80. The number of nitrogens with one attached hydrogen (secondary N) is 1. The molecule has 2 N–H and O–H groups in total. The Labute approximate surface area is 167 Å². The van der Waals surface area contributed by atoms with Crippen LogP contribution < -0.4 is 5.32 Å². The molecule has 8 heteroatoms. The zero-order chi connectivity index (χ0) is 20.6. The Morgan fingerprint density at radius 2 is 1.72 bits per heavy atom. The van der Waals surface area contributed by atoms with Crippen LogP contribution in [0.4, 0.5) is 4.39 Å². The fourth-order valence-electron chi connectivity index (χ4n) is 2.80. The standard InChI is InChI=1S/C21H21FN4O3/c22-16-10-12-17(13-11-16)26-20(15-7-3-1-4-8-15)24-19(25-26)21(29)23-14-6-2-5-9-18(27)28/h1,3-4,7-8,10-13H,2,5-6,9,14H2,(H,23,29)(H,27,28). The summed E-state index contributed by atoms with van der Waals surface area (Å²) in [7, 11) is 0. The largest absolute Gasteiger partial charge is 0.481 e. The lowest BCUT2D eigenvalue weighted by atomic mass is 10.2. The van der Waals surface area contributed by atoms with Crippen LogP contribution in [0.1, 0.15) is 36.3 Å². The lowest BCUT2D eigenvalue weighted by Crippen LogP contribution is -2.25. The van der Waals surface area contributed by atoms with Gasteiger partial charge in [-0.15, -0.1) is 5.10 Å². The summed E-state index contributed by atoms with van der Waals surface area (Å²) >= 11 is 0. The minimum absolute atomic E-state index is 0.0127. The average molecular weight is 396 g/mol. The van der Waals surface area contributed by atoms with E-state index in [4.69, 9.17) is 5.11 Å². The summed E-state index contributed by atoms with van der Waals surface area (Å²) in [5, 5.41) is 15.7. The number of aliphatic carboxylic acids is 1. The average Bonchev–Trinajstić information content (AvgIpc) is 3.17. The molecule has 0 aliphatic heterocycles. The second kappa shape index (κ2) is 9.59. The van der Waals surface area contributed by atoms with Gasteiger partial charge >= 0.3 is 5.97 Å². The molecular formula is C21H21FN4O3. The number of halogens is 1. The van der Waals surface area contributed by atoms with Crippen molar-refractivity contribution in [1.29, 1.82) is 0 Å². The highest BCUT2D eigenvalue weighted by molar-refractivity contribution is 5.91. The lowest BCUT2D eigenvalue weighted by molar-refractivity contribution is -0.137. The third-order valence-corrected chi connectivity index (χ3v) is 4.27. The van der Waals surface area contributed by atoms with E-state index in [0.717, 1.165) is 5.56 Å². The predicted octanol–water partition coefficient (Wildman–Crippen LogP) is 3.45. The summed E-state index contributed by atoms with van der Waals surface area (Å²) in [6.07, 6.45) is 2.07. The van der Waals surface area contributed by atoms with Crippen molar-refractivity contribution in [1.82, 2.24) is 20.1 Å². The fraction of sp³-hybridized carbons (Fsp3) is 0.238. The molecule has 0 saturated carbocycles. The van der Waals surface area contributed by atoms with Crippen LogP contribution >= 0.6 is 0 Å². The highest BCUT2D eigenvalue weighted by Gasteiger charge is 2.18.